The number of rotatable bonds is 4. The Labute approximate surface area is 188 Å². The molecule has 0 unspecified atom stereocenters. The van der Waals surface area contributed by atoms with Crippen LogP contribution in [0.15, 0.2) is 24.4 Å². The minimum atomic E-state index is -0.486. The van der Waals surface area contributed by atoms with E-state index >= 15 is 0 Å². The number of fused-ring (bicyclic) bond motifs is 4. The van der Waals surface area contributed by atoms with E-state index in [1.165, 1.54) is 0 Å². The van der Waals surface area contributed by atoms with Gasteiger partial charge in [-0.25, -0.2) is 9.78 Å². The number of amides is 1. The first-order chi connectivity index (χ1) is 14.6. The fraction of sp³-hybridized carbons (Fsp3) is 0.542. The van der Waals surface area contributed by atoms with Crippen LogP contribution in [0.25, 0.3) is 17.1 Å². The van der Waals surface area contributed by atoms with Gasteiger partial charge in [-0.15, -0.1) is 0 Å². The molecule has 0 saturated heterocycles. The van der Waals surface area contributed by atoms with Crippen LogP contribution in [-0.2, 0) is 4.74 Å². The molecule has 1 N–H and O–H groups in total. The van der Waals surface area contributed by atoms with Gasteiger partial charge in [0.1, 0.15) is 11.1 Å². The van der Waals surface area contributed by atoms with Gasteiger partial charge < -0.3 is 14.8 Å². The minimum Gasteiger partial charge on any atom is -0.481 e. The van der Waals surface area contributed by atoms with Gasteiger partial charge in [-0.1, -0.05) is 23.8 Å². The monoisotopic (exact) mass is 443 g/mol. The molecule has 2 bridgehead atoms. The maximum Gasteiger partial charge on any atom is 0.408 e. The van der Waals surface area contributed by atoms with Crippen LogP contribution in [0.3, 0.4) is 0 Å². The van der Waals surface area contributed by atoms with Crippen LogP contribution in [-0.4, -0.2) is 34.3 Å². The predicted molar refractivity (Wildman–Crippen MR) is 122 cm³/mol. The second kappa shape index (κ2) is 7.97. The summed E-state index contributed by atoms with van der Waals surface area (Å²) in [5, 5.41) is 3.75. The average Bonchev–Trinajstić information content (AvgIpc) is 2.72. The van der Waals surface area contributed by atoms with Gasteiger partial charge in [-0.3, -0.25) is 4.98 Å². The Morgan fingerprint density at radius 2 is 1.84 bits per heavy atom. The zero-order valence-corrected chi connectivity index (χ0v) is 19.4. The maximum absolute atomic E-state index is 12.3. The molecule has 3 aliphatic rings. The number of nitrogens with zero attached hydrogens (tertiary/aromatic N) is 2. The van der Waals surface area contributed by atoms with Gasteiger partial charge in [0.25, 0.3) is 0 Å². The van der Waals surface area contributed by atoms with Crippen molar-refractivity contribution in [1.82, 2.24) is 15.3 Å². The number of ether oxygens (including phenoxy) is 2. The number of halogens is 1. The second-order valence-electron chi connectivity index (χ2n) is 9.84. The van der Waals surface area contributed by atoms with Crippen LogP contribution in [0.1, 0.15) is 64.9 Å². The summed E-state index contributed by atoms with van der Waals surface area (Å²) >= 11 is 6.49. The lowest BCUT2D eigenvalue weighted by Gasteiger charge is -2.52. The van der Waals surface area contributed by atoms with E-state index in [9.17, 15) is 4.79 Å². The molecule has 7 heteroatoms. The van der Waals surface area contributed by atoms with E-state index < -0.39 is 5.60 Å². The number of methoxy groups -OCH3 is 1. The quantitative estimate of drug-likeness (QED) is 0.634. The first-order valence-corrected chi connectivity index (χ1v) is 11.2. The van der Waals surface area contributed by atoms with Crippen LogP contribution < -0.4 is 10.1 Å². The van der Waals surface area contributed by atoms with E-state index in [1.54, 1.807) is 19.4 Å². The fourth-order valence-electron chi connectivity index (χ4n) is 4.75. The number of carbonyl (C=O) groups excluding carboxylic acids is 1. The third kappa shape index (κ3) is 4.64. The van der Waals surface area contributed by atoms with Crippen molar-refractivity contribution in [2.24, 2.45) is 5.41 Å². The molecule has 2 aromatic rings. The molecule has 0 aliphatic heterocycles. The number of hydrogen-bond donors (Lipinski definition) is 1. The molecule has 3 fully saturated rings. The third-order valence-electron chi connectivity index (χ3n) is 6.56. The van der Waals surface area contributed by atoms with Crippen molar-refractivity contribution in [3.05, 3.63) is 35.0 Å². The van der Waals surface area contributed by atoms with Crippen LogP contribution in [0, 0.1) is 5.41 Å². The number of alkyl carbamates (subject to hydrolysis) is 1. The summed E-state index contributed by atoms with van der Waals surface area (Å²) in [7, 11) is 1.60. The van der Waals surface area contributed by atoms with Crippen molar-refractivity contribution in [1.29, 1.82) is 0 Å². The lowest BCUT2D eigenvalue weighted by molar-refractivity contribution is 0.0201. The lowest BCUT2D eigenvalue weighted by Crippen LogP contribution is -2.57. The molecule has 3 aliphatic carbocycles. The summed E-state index contributed by atoms with van der Waals surface area (Å²) < 4.78 is 10.8. The highest BCUT2D eigenvalue weighted by molar-refractivity contribution is 6.32. The van der Waals surface area contributed by atoms with Gasteiger partial charge in [0.05, 0.1) is 17.6 Å². The Morgan fingerprint density at radius 3 is 2.45 bits per heavy atom. The topological polar surface area (TPSA) is 73.3 Å². The molecule has 0 aromatic carbocycles. The Balaban J connectivity index is 1.51. The van der Waals surface area contributed by atoms with Gasteiger partial charge >= 0.3 is 6.09 Å². The van der Waals surface area contributed by atoms with E-state index in [0.717, 1.165) is 55.1 Å². The zero-order chi connectivity index (χ0) is 22.3. The molecule has 5 rings (SSSR count). The van der Waals surface area contributed by atoms with Gasteiger partial charge in [-0.2, -0.15) is 0 Å². The highest BCUT2D eigenvalue weighted by Crippen LogP contribution is 2.53. The van der Waals surface area contributed by atoms with Gasteiger partial charge in [0.2, 0.25) is 5.88 Å². The van der Waals surface area contributed by atoms with Gasteiger partial charge in [0, 0.05) is 23.4 Å². The molecule has 2 aromatic heterocycles. The normalized spacial score (nSPS) is 25.7. The molecule has 0 spiro atoms. The lowest BCUT2D eigenvalue weighted by atomic mass is 9.57. The zero-order valence-electron chi connectivity index (χ0n) is 18.6. The van der Waals surface area contributed by atoms with Crippen molar-refractivity contribution >= 4 is 34.8 Å². The van der Waals surface area contributed by atoms with Crippen LogP contribution in [0.5, 0.6) is 5.88 Å². The third-order valence-corrected chi connectivity index (χ3v) is 6.86. The molecule has 2 heterocycles. The van der Waals surface area contributed by atoms with Crippen LogP contribution in [0.4, 0.5) is 4.79 Å². The van der Waals surface area contributed by atoms with E-state index in [2.05, 4.69) is 27.4 Å². The number of nitrogens with one attached hydrogen (secondary N) is 1. The summed E-state index contributed by atoms with van der Waals surface area (Å²) in [4.78, 5) is 21.3. The second-order valence-corrected chi connectivity index (χ2v) is 10.3. The highest BCUT2D eigenvalue weighted by atomic mass is 35.5. The Hall–Kier alpha value is -2.34. The number of allylic oxidation sites excluding steroid dienone is 1. The van der Waals surface area contributed by atoms with E-state index in [-0.39, 0.29) is 17.0 Å². The first-order valence-electron chi connectivity index (χ1n) is 10.8. The van der Waals surface area contributed by atoms with Crippen molar-refractivity contribution in [3.8, 4) is 5.88 Å². The highest BCUT2D eigenvalue weighted by Gasteiger charge is 2.48. The molecule has 31 heavy (non-hydrogen) atoms. The maximum atomic E-state index is 12.3. The molecule has 0 atom stereocenters. The van der Waals surface area contributed by atoms with Gasteiger partial charge in [-0.05, 0) is 70.8 Å². The first kappa shape index (κ1) is 21.9. The summed E-state index contributed by atoms with van der Waals surface area (Å²) in [6, 6.07) is 3.69. The Kier molecular flexibility index (Phi) is 5.63. The summed E-state index contributed by atoms with van der Waals surface area (Å²) in [5.41, 5.74) is 1.89. The molecule has 3 saturated carbocycles. The van der Waals surface area contributed by atoms with Gasteiger partial charge in [0.15, 0.2) is 0 Å². The van der Waals surface area contributed by atoms with Crippen molar-refractivity contribution in [2.75, 3.05) is 7.11 Å². The molecular formula is C24H30ClN3O3. The SMILES string of the molecule is COc1ccc2ncc(Cl)c(/C=C/C34CCC(NC(=O)OC(C)(C)C)(CC3)CC4)c2n1. The van der Waals surface area contributed by atoms with Crippen molar-refractivity contribution in [3.63, 3.8) is 0 Å². The van der Waals surface area contributed by atoms with Crippen LogP contribution >= 0.6 is 11.6 Å². The largest absolute Gasteiger partial charge is 0.481 e. The molecule has 0 radical (unpaired) electrons. The number of aromatic nitrogens is 2. The Bertz CT molecular complexity index is 1000. The average molecular weight is 444 g/mol. The van der Waals surface area contributed by atoms with Crippen molar-refractivity contribution < 1.29 is 14.3 Å². The Morgan fingerprint density at radius 1 is 1.16 bits per heavy atom. The number of pyridine rings is 2. The number of hydrogen-bond acceptors (Lipinski definition) is 5. The molecular weight excluding hydrogens is 414 g/mol. The van der Waals surface area contributed by atoms with E-state index in [0.29, 0.717) is 10.9 Å². The minimum absolute atomic E-state index is 0.120. The van der Waals surface area contributed by atoms with Crippen molar-refractivity contribution in [2.45, 2.75) is 70.4 Å². The predicted octanol–water partition coefficient (Wildman–Crippen LogP) is 5.92. The van der Waals surface area contributed by atoms with E-state index in [4.69, 9.17) is 21.1 Å². The summed E-state index contributed by atoms with van der Waals surface area (Å²) in [5.74, 6) is 0.540. The van der Waals surface area contributed by atoms with Crippen LogP contribution in [0.2, 0.25) is 5.02 Å². The molecule has 1 amide bonds. The number of carbonyl (C=O) groups is 1. The molecule has 166 valence electrons. The fourth-order valence-corrected chi connectivity index (χ4v) is 4.95. The standard InChI is InChI=1S/C24H30ClN3O3/c1-22(2,3)31-21(29)28-24-12-9-23(10-13-24,11-14-24)8-7-16-17(25)15-26-18-5-6-19(30-4)27-20(16)18/h5-8,15H,9-14H2,1-4H3,(H,28,29)/b8-7+. The van der Waals surface area contributed by atoms with E-state index in [1.807, 2.05) is 26.8 Å². The summed E-state index contributed by atoms with van der Waals surface area (Å²) in [6.07, 6.45) is 11.7. The summed E-state index contributed by atoms with van der Waals surface area (Å²) in [6.45, 7) is 5.67. The molecule has 6 nitrogen and oxygen atoms in total. The smallest absolute Gasteiger partial charge is 0.408 e.